The molecule has 0 fully saturated rings. The number of hydrogen-bond acceptors (Lipinski definition) is 2. The second-order valence-corrected chi connectivity index (χ2v) is 2.33. The van der Waals surface area contributed by atoms with Gasteiger partial charge in [0.15, 0.2) is 0 Å². The zero-order valence-electron chi connectivity index (χ0n) is 7.31. The molecule has 0 aliphatic rings. The summed E-state index contributed by atoms with van der Waals surface area (Å²) in [6.07, 6.45) is 0. The summed E-state index contributed by atoms with van der Waals surface area (Å²) in [4.78, 5) is 0. The first-order valence-electron chi connectivity index (χ1n) is 1.29. The van der Waals surface area contributed by atoms with Gasteiger partial charge in [0.05, 0.1) is 0 Å². The summed E-state index contributed by atoms with van der Waals surface area (Å²) >= 11 is 0. The third-order valence-electron chi connectivity index (χ3n) is 0.292. The SMILES string of the molecule is O=S(=O)(O)C(F)(F)F.[H-].[H-].[K+].[Na+]. The second kappa shape index (κ2) is 5.89. The van der Waals surface area contributed by atoms with E-state index in [1.54, 1.807) is 0 Å². The van der Waals surface area contributed by atoms with Crippen molar-refractivity contribution in [3.63, 3.8) is 0 Å². The van der Waals surface area contributed by atoms with Gasteiger partial charge < -0.3 is 2.85 Å². The van der Waals surface area contributed by atoms with E-state index in [-0.39, 0.29) is 83.8 Å². The smallest absolute Gasteiger partial charge is 1.00 e. The molecule has 0 aromatic carbocycles. The molecular weight excluding hydrogens is 211 g/mol. The van der Waals surface area contributed by atoms with Gasteiger partial charge in [0.25, 0.3) is 0 Å². The summed E-state index contributed by atoms with van der Waals surface area (Å²) in [5.74, 6) is 0. The van der Waals surface area contributed by atoms with Crippen LogP contribution in [0.15, 0.2) is 0 Å². The summed E-state index contributed by atoms with van der Waals surface area (Å²) in [6, 6.07) is 0. The van der Waals surface area contributed by atoms with Crippen molar-refractivity contribution < 1.29 is 110 Å². The molecule has 1 N–H and O–H groups in total. The number of rotatable bonds is 0. The Bertz CT molecular complexity index is 180. The van der Waals surface area contributed by atoms with Crippen LogP contribution >= 0.6 is 0 Å². The van der Waals surface area contributed by atoms with E-state index in [1.165, 1.54) is 0 Å². The van der Waals surface area contributed by atoms with E-state index < -0.39 is 15.6 Å². The largest absolute Gasteiger partial charge is 1.00 e. The van der Waals surface area contributed by atoms with Crippen molar-refractivity contribution in [2.75, 3.05) is 0 Å². The first-order valence-corrected chi connectivity index (χ1v) is 2.73. The maximum Gasteiger partial charge on any atom is 1.00 e. The molecule has 0 bridgehead atoms. The van der Waals surface area contributed by atoms with Gasteiger partial charge in [-0.25, -0.2) is 0 Å². The van der Waals surface area contributed by atoms with Gasteiger partial charge in [-0.05, 0) is 0 Å². The molecule has 10 heavy (non-hydrogen) atoms. The van der Waals surface area contributed by atoms with E-state index in [4.69, 9.17) is 13.0 Å². The molecule has 0 aromatic heterocycles. The summed E-state index contributed by atoms with van der Waals surface area (Å²) in [6.45, 7) is 0. The van der Waals surface area contributed by atoms with Crippen molar-refractivity contribution in [3.05, 3.63) is 0 Å². The van der Waals surface area contributed by atoms with Gasteiger partial charge in [-0.2, -0.15) is 21.6 Å². The third kappa shape index (κ3) is 7.01. The molecule has 3 nitrogen and oxygen atoms in total. The van der Waals surface area contributed by atoms with Gasteiger partial charge in [-0.1, -0.05) is 0 Å². The Morgan fingerprint density at radius 1 is 1.30 bits per heavy atom. The number of halogens is 3. The maximum atomic E-state index is 10.7. The Labute approximate surface area is 123 Å². The molecule has 0 heterocycles. The molecule has 0 amide bonds. The van der Waals surface area contributed by atoms with Crippen LogP contribution in [-0.2, 0) is 10.1 Å². The van der Waals surface area contributed by atoms with Crippen LogP contribution in [0, 0.1) is 0 Å². The van der Waals surface area contributed by atoms with Crippen LogP contribution in [0.2, 0.25) is 0 Å². The van der Waals surface area contributed by atoms with Crippen LogP contribution in [0.3, 0.4) is 0 Å². The minimum absolute atomic E-state index is 0. The summed E-state index contributed by atoms with van der Waals surface area (Å²) in [7, 11) is -5.84. The van der Waals surface area contributed by atoms with Gasteiger partial charge in [0.1, 0.15) is 0 Å². The van der Waals surface area contributed by atoms with Gasteiger partial charge in [0.2, 0.25) is 0 Å². The van der Waals surface area contributed by atoms with Crippen molar-refractivity contribution in [2.45, 2.75) is 5.51 Å². The minimum atomic E-state index is -5.84. The average Bonchev–Trinajstić information content (AvgIpc) is 1.25. The zero-order valence-corrected chi connectivity index (χ0v) is 11.2. The number of alkyl halides is 3. The molecule has 0 rings (SSSR count). The first kappa shape index (κ1) is 18.2. The normalized spacial score (nSPS) is 11.2. The Kier molecular flexibility index (Phi) is 10.7. The molecule has 0 atom stereocenters. The maximum absolute atomic E-state index is 10.7. The predicted molar refractivity (Wildman–Crippen MR) is 19.8 cm³/mol. The van der Waals surface area contributed by atoms with Gasteiger partial charge in [-0.3, -0.25) is 4.55 Å². The first-order chi connectivity index (χ1) is 3.25. The average molecular weight is 214 g/mol. The summed E-state index contributed by atoms with van der Waals surface area (Å²) < 4.78 is 57.5. The summed E-state index contributed by atoms with van der Waals surface area (Å²) in [5, 5.41) is 0. The molecule has 9 heteroatoms. The van der Waals surface area contributed by atoms with Gasteiger partial charge in [0, 0.05) is 0 Å². The van der Waals surface area contributed by atoms with E-state index in [9.17, 15) is 13.2 Å². The van der Waals surface area contributed by atoms with E-state index in [0.717, 1.165) is 0 Å². The van der Waals surface area contributed by atoms with Crippen molar-refractivity contribution in [1.29, 1.82) is 0 Å². The molecule has 0 aromatic rings. The van der Waals surface area contributed by atoms with Gasteiger partial charge in [-0.15, -0.1) is 0 Å². The molecule has 0 spiro atoms. The van der Waals surface area contributed by atoms with Crippen molar-refractivity contribution in [1.82, 2.24) is 0 Å². The molecular formula is CH3F3KNaO3S. The molecule has 0 unspecified atom stereocenters. The topological polar surface area (TPSA) is 54.4 Å². The predicted octanol–water partition coefficient (Wildman–Crippen LogP) is -5.37. The molecule has 0 aliphatic heterocycles. The standard InChI is InChI=1S/CHF3O3S.K.Na.2H/c2-1(3,4)8(5,6)7;;;;/h(H,5,6,7);;;;/q;2*+1;2*-1. The van der Waals surface area contributed by atoms with E-state index in [0.29, 0.717) is 0 Å². The van der Waals surface area contributed by atoms with E-state index in [2.05, 4.69) is 0 Å². The molecule has 54 valence electrons. The summed E-state index contributed by atoms with van der Waals surface area (Å²) in [5.41, 5.74) is -5.53. The van der Waals surface area contributed by atoms with E-state index >= 15 is 0 Å². The fraction of sp³-hybridized carbons (Fsp3) is 1.00. The fourth-order valence-corrected chi connectivity index (χ4v) is 0. The Morgan fingerprint density at radius 2 is 1.40 bits per heavy atom. The molecule has 0 radical (unpaired) electrons. The molecule has 0 saturated heterocycles. The van der Waals surface area contributed by atoms with Gasteiger partial charge >= 0.3 is 96.6 Å². The van der Waals surface area contributed by atoms with Crippen molar-refractivity contribution >= 4 is 10.1 Å². The Hall–Kier alpha value is 2.34. The number of hydrogen-bond donors (Lipinski definition) is 1. The van der Waals surface area contributed by atoms with Crippen LogP contribution in [0.25, 0.3) is 0 Å². The molecule has 0 saturated carbocycles. The van der Waals surface area contributed by atoms with Crippen LogP contribution in [0.5, 0.6) is 0 Å². The minimum Gasteiger partial charge on any atom is -1.00 e. The zero-order chi connectivity index (χ0) is 7.00. The quantitative estimate of drug-likeness (QED) is 0.249. The second-order valence-electron chi connectivity index (χ2n) is 0.921. The monoisotopic (exact) mass is 214 g/mol. The van der Waals surface area contributed by atoms with Crippen LogP contribution in [-0.4, -0.2) is 18.5 Å². The van der Waals surface area contributed by atoms with E-state index in [1.807, 2.05) is 0 Å². The van der Waals surface area contributed by atoms with Crippen LogP contribution in [0.4, 0.5) is 13.2 Å². The van der Waals surface area contributed by atoms with Crippen LogP contribution < -0.4 is 80.9 Å². The Balaban J connectivity index is -0.0000000408. The van der Waals surface area contributed by atoms with Crippen molar-refractivity contribution in [3.8, 4) is 0 Å². The molecule has 0 aliphatic carbocycles. The fourth-order valence-electron chi connectivity index (χ4n) is 0. The van der Waals surface area contributed by atoms with Crippen LogP contribution in [0.1, 0.15) is 2.85 Å². The Morgan fingerprint density at radius 3 is 1.40 bits per heavy atom. The third-order valence-corrected chi connectivity index (χ3v) is 0.877. The van der Waals surface area contributed by atoms with Crippen molar-refractivity contribution in [2.24, 2.45) is 0 Å².